The standard InChI is InChI=1S/C25H30N4O4/c1-27(2)24(31)18-9-12-20-22(14-18)29(25(32)21-6-4-5-13-28(20)21)16-23(30)26-15-17-7-10-19(33-3)11-8-17/h7-12,14,21H,4-6,13,15-16H2,1-3H3,(H,26,30). The Labute approximate surface area is 194 Å². The summed E-state index contributed by atoms with van der Waals surface area (Å²) in [6.45, 7) is 1.06. The molecule has 1 N–H and O–H groups in total. The molecule has 33 heavy (non-hydrogen) atoms. The zero-order valence-corrected chi connectivity index (χ0v) is 19.3. The molecule has 3 amide bonds. The molecule has 4 rings (SSSR count). The average molecular weight is 451 g/mol. The van der Waals surface area contributed by atoms with Crippen LogP contribution in [0.4, 0.5) is 11.4 Å². The van der Waals surface area contributed by atoms with Crippen molar-refractivity contribution in [2.75, 3.05) is 44.1 Å². The quantitative estimate of drug-likeness (QED) is 0.731. The van der Waals surface area contributed by atoms with E-state index in [4.69, 9.17) is 4.74 Å². The first-order chi connectivity index (χ1) is 15.9. The van der Waals surface area contributed by atoms with Crippen LogP contribution in [0.2, 0.25) is 0 Å². The third-order valence-electron chi connectivity index (χ3n) is 6.23. The molecule has 0 aromatic heterocycles. The minimum absolute atomic E-state index is 0.0868. The number of anilines is 2. The number of methoxy groups -OCH3 is 1. The van der Waals surface area contributed by atoms with Crippen LogP contribution in [-0.4, -0.2) is 63.0 Å². The maximum Gasteiger partial charge on any atom is 0.253 e. The Bertz CT molecular complexity index is 1050. The van der Waals surface area contributed by atoms with Crippen molar-refractivity contribution in [3.05, 3.63) is 53.6 Å². The van der Waals surface area contributed by atoms with E-state index in [0.29, 0.717) is 17.8 Å². The number of benzene rings is 2. The van der Waals surface area contributed by atoms with Crippen LogP contribution in [0.5, 0.6) is 5.75 Å². The van der Waals surface area contributed by atoms with Crippen LogP contribution >= 0.6 is 0 Å². The number of ether oxygens (including phenoxy) is 1. The molecule has 2 aliphatic heterocycles. The van der Waals surface area contributed by atoms with E-state index in [1.54, 1.807) is 33.3 Å². The van der Waals surface area contributed by atoms with Gasteiger partial charge in [0.15, 0.2) is 0 Å². The second-order valence-corrected chi connectivity index (χ2v) is 8.66. The number of amides is 3. The van der Waals surface area contributed by atoms with E-state index in [2.05, 4.69) is 10.2 Å². The molecule has 174 valence electrons. The highest BCUT2D eigenvalue weighted by atomic mass is 16.5. The molecular formula is C25H30N4O4. The first-order valence-electron chi connectivity index (χ1n) is 11.2. The molecule has 2 heterocycles. The summed E-state index contributed by atoms with van der Waals surface area (Å²) in [4.78, 5) is 44.0. The SMILES string of the molecule is COc1ccc(CNC(=O)CN2C(=O)C3CCCCN3c3ccc(C(=O)N(C)C)cc32)cc1. The summed E-state index contributed by atoms with van der Waals surface area (Å²) >= 11 is 0. The summed E-state index contributed by atoms with van der Waals surface area (Å²) in [5.41, 5.74) is 2.94. The van der Waals surface area contributed by atoms with Crippen molar-refractivity contribution in [2.45, 2.75) is 31.8 Å². The summed E-state index contributed by atoms with van der Waals surface area (Å²) in [6, 6.07) is 12.6. The number of carbonyl (C=O) groups is 3. The first-order valence-corrected chi connectivity index (χ1v) is 11.2. The summed E-state index contributed by atoms with van der Waals surface area (Å²) in [5, 5.41) is 2.90. The van der Waals surface area contributed by atoms with Crippen molar-refractivity contribution < 1.29 is 19.1 Å². The van der Waals surface area contributed by atoms with E-state index in [1.165, 1.54) is 9.80 Å². The Morgan fingerprint density at radius 3 is 2.55 bits per heavy atom. The number of piperidine rings is 1. The lowest BCUT2D eigenvalue weighted by molar-refractivity contribution is -0.125. The number of rotatable bonds is 6. The van der Waals surface area contributed by atoms with Gasteiger partial charge in [0.25, 0.3) is 5.91 Å². The van der Waals surface area contributed by atoms with E-state index < -0.39 is 0 Å². The Morgan fingerprint density at radius 1 is 1.09 bits per heavy atom. The van der Waals surface area contributed by atoms with Gasteiger partial charge in [-0.3, -0.25) is 19.3 Å². The number of hydrogen-bond donors (Lipinski definition) is 1. The third kappa shape index (κ3) is 4.65. The number of carbonyl (C=O) groups excluding carboxylic acids is 3. The summed E-state index contributed by atoms with van der Waals surface area (Å²) in [7, 11) is 4.99. The highest BCUT2D eigenvalue weighted by molar-refractivity contribution is 6.09. The molecule has 1 atom stereocenters. The van der Waals surface area contributed by atoms with Gasteiger partial charge in [0.2, 0.25) is 11.8 Å². The largest absolute Gasteiger partial charge is 0.497 e. The highest BCUT2D eigenvalue weighted by Crippen LogP contribution is 2.40. The van der Waals surface area contributed by atoms with Gasteiger partial charge in [-0.1, -0.05) is 12.1 Å². The fourth-order valence-electron chi connectivity index (χ4n) is 4.46. The molecule has 8 heteroatoms. The van der Waals surface area contributed by atoms with Crippen LogP contribution in [-0.2, 0) is 16.1 Å². The normalized spacial score (nSPS) is 17.2. The van der Waals surface area contributed by atoms with Gasteiger partial charge < -0.3 is 19.9 Å². The minimum Gasteiger partial charge on any atom is -0.497 e. The maximum absolute atomic E-state index is 13.4. The monoisotopic (exact) mass is 450 g/mol. The van der Waals surface area contributed by atoms with Crippen LogP contribution < -0.4 is 19.9 Å². The Balaban J connectivity index is 1.56. The summed E-state index contributed by atoms with van der Waals surface area (Å²) in [5.74, 6) is 0.269. The van der Waals surface area contributed by atoms with Crippen LogP contribution in [0.1, 0.15) is 35.2 Å². The lowest BCUT2D eigenvalue weighted by Gasteiger charge is -2.45. The highest BCUT2D eigenvalue weighted by Gasteiger charge is 2.40. The van der Waals surface area contributed by atoms with Gasteiger partial charge >= 0.3 is 0 Å². The van der Waals surface area contributed by atoms with Crippen LogP contribution in [0.3, 0.4) is 0 Å². The van der Waals surface area contributed by atoms with Crippen molar-refractivity contribution >= 4 is 29.1 Å². The molecule has 0 radical (unpaired) electrons. The number of nitrogens with one attached hydrogen (secondary N) is 1. The third-order valence-corrected chi connectivity index (χ3v) is 6.23. The van der Waals surface area contributed by atoms with Gasteiger partial charge in [-0.15, -0.1) is 0 Å². The molecule has 1 saturated heterocycles. The first kappa shape index (κ1) is 22.6. The lowest BCUT2D eigenvalue weighted by atomic mass is 9.95. The van der Waals surface area contributed by atoms with Crippen molar-refractivity contribution in [3.8, 4) is 5.75 Å². The zero-order chi connectivity index (χ0) is 23.5. The van der Waals surface area contributed by atoms with E-state index in [-0.39, 0.29) is 30.3 Å². The predicted octanol–water partition coefficient (Wildman–Crippen LogP) is 2.42. The van der Waals surface area contributed by atoms with Crippen molar-refractivity contribution in [1.29, 1.82) is 0 Å². The minimum atomic E-state index is -0.268. The molecule has 1 fully saturated rings. The lowest BCUT2D eigenvalue weighted by Crippen LogP contribution is -2.57. The molecule has 2 aromatic rings. The molecule has 8 nitrogen and oxygen atoms in total. The molecule has 2 aliphatic rings. The molecule has 1 unspecified atom stereocenters. The average Bonchev–Trinajstić information content (AvgIpc) is 2.84. The van der Waals surface area contributed by atoms with Crippen LogP contribution in [0, 0.1) is 0 Å². The van der Waals surface area contributed by atoms with E-state index >= 15 is 0 Å². The predicted molar refractivity (Wildman–Crippen MR) is 127 cm³/mol. The van der Waals surface area contributed by atoms with Gasteiger partial charge in [-0.2, -0.15) is 0 Å². The molecule has 2 aromatic carbocycles. The van der Waals surface area contributed by atoms with Gasteiger partial charge in [0.1, 0.15) is 18.3 Å². The maximum atomic E-state index is 13.4. The summed E-state index contributed by atoms with van der Waals surface area (Å²) < 4.78 is 5.16. The number of nitrogens with zero attached hydrogens (tertiary/aromatic N) is 3. The number of hydrogen-bond acceptors (Lipinski definition) is 5. The fourth-order valence-corrected chi connectivity index (χ4v) is 4.46. The zero-order valence-electron chi connectivity index (χ0n) is 19.3. The fraction of sp³-hybridized carbons (Fsp3) is 0.400. The van der Waals surface area contributed by atoms with Gasteiger partial charge in [-0.25, -0.2) is 0 Å². The van der Waals surface area contributed by atoms with E-state index in [0.717, 1.165) is 42.8 Å². The van der Waals surface area contributed by atoms with E-state index in [1.807, 2.05) is 30.3 Å². The second-order valence-electron chi connectivity index (χ2n) is 8.66. The number of fused-ring (bicyclic) bond motifs is 3. The van der Waals surface area contributed by atoms with Crippen molar-refractivity contribution in [2.24, 2.45) is 0 Å². The second kappa shape index (κ2) is 9.52. The van der Waals surface area contributed by atoms with Gasteiger partial charge in [0, 0.05) is 32.7 Å². The topological polar surface area (TPSA) is 82.2 Å². The van der Waals surface area contributed by atoms with Crippen LogP contribution in [0.15, 0.2) is 42.5 Å². The Kier molecular flexibility index (Phi) is 6.53. The molecule has 0 saturated carbocycles. The Hall–Kier alpha value is -3.55. The molecule has 0 spiro atoms. The smallest absolute Gasteiger partial charge is 0.253 e. The Morgan fingerprint density at radius 2 is 1.85 bits per heavy atom. The summed E-state index contributed by atoms with van der Waals surface area (Å²) in [6.07, 6.45) is 2.77. The van der Waals surface area contributed by atoms with Crippen molar-refractivity contribution in [1.82, 2.24) is 10.2 Å². The van der Waals surface area contributed by atoms with Gasteiger partial charge in [-0.05, 0) is 55.2 Å². The molecule has 0 aliphatic carbocycles. The van der Waals surface area contributed by atoms with E-state index in [9.17, 15) is 14.4 Å². The van der Waals surface area contributed by atoms with Crippen LogP contribution in [0.25, 0.3) is 0 Å². The van der Waals surface area contributed by atoms with Crippen molar-refractivity contribution in [3.63, 3.8) is 0 Å². The van der Waals surface area contributed by atoms with Gasteiger partial charge in [0.05, 0.1) is 18.5 Å². The molecule has 0 bridgehead atoms. The molecular weight excluding hydrogens is 420 g/mol.